The van der Waals surface area contributed by atoms with Crippen LogP contribution in [0.3, 0.4) is 0 Å². The van der Waals surface area contributed by atoms with Crippen molar-refractivity contribution in [1.82, 2.24) is 5.32 Å². The van der Waals surface area contributed by atoms with Crippen molar-refractivity contribution < 1.29 is 19.1 Å². The summed E-state index contributed by atoms with van der Waals surface area (Å²) in [5.41, 5.74) is 0.711. The lowest BCUT2D eigenvalue weighted by atomic mass is 10.1. The van der Waals surface area contributed by atoms with E-state index in [2.05, 4.69) is 5.32 Å². The molecule has 1 N–H and O–H groups in total. The highest BCUT2D eigenvalue weighted by atomic mass is 16.5. The molecule has 0 saturated carbocycles. The predicted molar refractivity (Wildman–Crippen MR) is 83.0 cm³/mol. The minimum atomic E-state index is -0.537. The third kappa shape index (κ3) is 3.76. The van der Waals surface area contributed by atoms with Crippen LogP contribution in [-0.4, -0.2) is 44.2 Å². The molecule has 0 aliphatic carbocycles. The van der Waals surface area contributed by atoms with E-state index in [4.69, 9.17) is 9.47 Å². The van der Waals surface area contributed by atoms with E-state index in [1.165, 1.54) is 0 Å². The molecule has 0 spiro atoms. The molecule has 1 aromatic rings. The van der Waals surface area contributed by atoms with Crippen LogP contribution in [0.5, 0.6) is 5.75 Å². The van der Waals surface area contributed by atoms with Crippen molar-refractivity contribution in [2.24, 2.45) is 0 Å². The molecule has 0 aromatic heterocycles. The number of amides is 2. The molecule has 6 nitrogen and oxygen atoms in total. The zero-order valence-electron chi connectivity index (χ0n) is 13.2. The highest BCUT2D eigenvalue weighted by molar-refractivity contribution is 6.00. The van der Waals surface area contributed by atoms with Crippen molar-refractivity contribution in [2.45, 2.75) is 32.4 Å². The molecular formula is C16H22N2O4. The molecule has 2 atom stereocenters. The summed E-state index contributed by atoms with van der Waals surface area (Å²) in [6.45, 7) is 4.38. The summed E-state index contributed by atoms with van der Waals surface area (Å²) in [4.78, 5) is 25.8. The van der Waals surface area contributed by atoms with Gasteiger partial charge >= 0.3 is 0 Å². The number of nitrogens with zero attached hydrogens (tertiary/aromatic N) is 1. The van der Waals surface area contributed by atoms with Crippen LogP contribution in [-0.2, 0) is 14.3 Å². The second-order valence-electron chi connectivity index (χ2n) is 5.39. The molecule has 0 fully saturated rings. The first-order valence-corrected chi connectivity index (χ1v) is 7.38. The molecule has 1 aliphatic heterocycles. The zero-order valence-corrected chi connectivity index (χ0v) is 13.2. The normalized spacial score (nSPS) is 18.4. The van der Waals surface area contributed by atoms with Crippen LogP contribution in [0.15, 0.2) is 24.3 Å². The van der Waals surface area contributed by atoms with Crippen molar-refractivity contribution in [2.75, 3.05) is 25.2 Å². The number of hydrogen-bond acceptors (Lipinski definition) is 4. The third-order valence-corrected chi connectivity index (χ3v) is 3.46. The number of hydrogen-bond donors (Lipinski definition) is 1. The van der Waals surface area contributed by atoms with Gasteiger partial charge in [-0.3, -0.25) is 9.59 Å². The number of benzene rings is 1. The number of fused-ring (bicyclic) bond motifs is 1. The van der Waals surface area contributed by atoms with E-state index < -0.39 is 6.10 Å². The molecule has 1 aromatic carbocycles. The molecule has 2 amide bonds. The fraction of sp³-hybridized carbons (Fsp3) is 0.500. The van der Waals surface area contributed by atoms with E-state index in [9.17, 15) is 9.59 Å². The largest absolute Gasteiger partial charge is 0.479 e. The fourth-order valence-corrected chi connectivity index (χ4v) is 2.44. The highest BCUT2D eigenvalue weighted by Gasteiger charge is 2.31. The smallest absolute Gasteiger partial charge is 0.267 e. The summed E-state index contributed by atoms with van der Waals surface area (Å²) in [6, 6.07) is 7.30. The standard InChI is InChI=1S/C16H22N2O4/c1-11(10-21-3)17-15(19)8-9-18-13-6-4-5-7-14(13)22-12(2)16(18)20/h4-7,11-12H,8-10H2,1-3H3,(H,17,19)/t11-,12?/m1/s1. The first-order chi connectivity index (χ1) is 10.5. The highest BCUT2D eigenvalue weighted by Crippen LogP contribution is 2.33. The third-order valence-electron chi connectivity index (χ3n) is 3.46. The van der Waals surface area contributed by atoms with Gasteiger partial charge in [-0.05, 0) is 26.0 Å². The van der Waals surface area contributed by atoms with Gasteiger partial charge in [0, 0.05) is 26.1 Å². The van der Waals surface area contributed by atoms with Crippen molar-refractivity contribution in [3.8, 4) is 5.75 Å². The maximum absolute atomic E-state index is 12.3. The lowest BCUT2D eigenvalue weighted by Gasteiger charge is -2.32. The number of carbonyl (C=O) groups excluding carboxylic acids is 2. The maximum atomic E-state index is 12.3. The fourth-order valence-electron chi connectivity index (χ4n) is 2.44. The average molecular weight is 306 g/mol. The van der Waals surface area contributed by atoms with Crippen LogP contribution in [0.1, 0.15) is 20.3 Å². The number of nitrogens with one attached hydrogen (secondary N) is 1. The van der Waals surface area contributed by atoms with Gasteiger partial charge in [0.05, 0.1) is 12.3 Å². The van der Waals surface area contributed by atoms with Crippen LogP contribution < -0.4 is 15.0 Å². The molecule has 1 heterocycles. The Hall–Kier alpha value is -2.08. The Kier molecular flexibility index (Phi) is 5.38. The van der Waals surface area contributed by atoms with Gasteiger partial charge in [-0.25, -0.2) is 0 Å². The lowest BCUT2D eigenvalue weighted by molar-refractivity contribution is -0.125. The minimum absolute atomic E-state index is 0.0518. The van der Waals surface area contributed by atoms with Gasteiger partial charge in [-0.1, -0.05) is 12.1 Å². The van der Waals surface area contributed by atoms with Gasteiger partial charge in [0.1, 0.15) is 5.75 Å². The summed E-state index contributed by atoms with van der Waals surface area (Å²) in [6.07, 6.45) is -0.300. The molecule has 0 saturated heterocycles. The Bertz CT molecular complexity index is 547. The molecule has 2 rings (SSSR count). The van der Waals surface area contributed by atoms with Gasteiger partial charge in [-0.15, -0.1) is 0 Å². The van der Waals surface area contributed by atoms with Crippen LogP contribution in [0.4, 0.5) is 5.69 Å². The predicted octanol–water partition coefficient (Wildman–Crippen LogP) is 1.34. The van der Waals surface area contributed by atoms with E-state index in [-0.39, 0.29) is 24.3 Å². The molecule has 6 heteroatoms. The quantitative estimate of drug-likeness (QED) is 0.861. The van der Waals surface area contributed by atoms with Crippen molar-refractivity contribution >= 4 is 17.5 Å². The molecule has 120 valence electrons. The second kappa shape index (κ2) is 7.26. The van der Waals surface area contributed by atoms with Crippen molar-refractivity contribution in [3.05, 3.63) is 24.3 Å². The molecule has 1 unspecified atom stereocenters. The number of anilines is 1. The molecule has 0 bridgehead atoms. The molecular weight excluding hydrogens is 284 g/mol. The summed E-state index contributed by atoms with van der Waals surface area (Å²) in [5, 5.41) is 2.84. The first kappa shape index (κ1) is 16.3. The van der Waals surface area contributed by atoms with Gasteiger partial charge in [-0.2, -0.15) is 0 Å². The Balaban J connectivity index is 1.99. The lowest BCUT2D eigenvalue weighted by Crippen LogP contribution is -2.46. The van der Waals surface area contributed by atoms with E-state index in [1.807, 2.05) is 31.2 Å². The molecule has 0 radical (unpaired) electrons. The van der Waals surface area contributed by atoms with Crippen LogP contribution >= 0.6 is 0 Å². The number of ether oxygens (including phenoxy) is 2. The topological polar surface area (TPSA) is 67.9 Å². The van der Waals surface area contributed by atoms with Crippen molar-refractivity contribution in [3.63, 3.8) is 0 Å². The number of carbonyl (C=O) groups is 2. The summed E-state index contributed by atoms with van der Waals surface area (Å²) < 4.78 is 10.6. The summed E-state index contributed by atoms with van der Waals surface area (Å²) in [5.74, 6) is 0.438. The van der Waals surface area contributed by atoms with Gasteiger partial charge in [0.15, 0.2) is 6.10 Å². The minimum Gasteiger partial charge on any atom is -0.479 e. The average Bonchev–Trinajstić information content (AvgIpc) is 2.48. The maximum Gasteiger partial charge on any atom is 0.267 e. The monoisotopic (exact) mass is 306 g/mol. The molecule has 1 aliphatic rings. The van der Waals surface area contributed by atoms with Gasteiger partial charge in [0.2, 0.25) is 5.91 Å². The van der Waals surface area contributed by atoms with Crippen molar-refractivity contribution in [1.29, 1.82) is 0 Å². The van der Waals surface area contributed by atoms with Gasteiger partial charge in [0.25, 0.3) is 5.91 Å². The summed E-state index contributed by atoms with van der Waals surface area (Å²) >= 11 is 0. The number of rotatable bonds is 6. The van der Waals surface area contributed by atoms with E-state index >= 15 is 0 Å². The second-order valence-corrected chi connectivity index (χ2v) is 5.39. The Morgan fingerprint density at radius 2 is 2.18 bits per heavy atom. The Labute approximate surface area is 130 Å². The van der Waals surface area contributed by atoms with Crippen LogP contribution in [0.2, 0.25) is 0 Å². The number of methoxy groups -OCH3 is 1. The number of para-hydroxylation sites is 2. The SMILES string of the molecule is COC[C@@H](C)NC(=O)CCN1C(=O)C(C)Oc2ccccc21. The zero-order chi connectivity index (χ0) is 16.1. The Morgan fingerprint density at radius 3 is 2.91 bits per heavy atom. The Morgan fingerprint density at radius 1 is 1.45 bits per heavy atom. The summed E-state index contributed by atoms with van der Waals surface area (Å²) in [7, 11) is 1.59. The molecule has 22 heavy (non-hydrogen) atoms. The van der Waals surface area contributed by atoms with E-state index in [0.29, 0.717) is 24.6 Å². The first-order valence-electron chi connectivity index (χ1n) is 7.38. The van der Waals surface area contributed by atoms with Crippen LogP contribution in [0.25, 0.3) is 0 Å². The van der Waals surface area contributed by atoms with E-state index in [0.717, 1.165) is 0 Å². The van der Waals surface area contributed by atoms with Gasteiger partial charge < -0.3 is 19.7 Å². The van der Waals surface area contributed by atoms with Crippen LogP contribution in [0, 0.1) is 0 Å². The van der Waals surface area contributed by atoms with E-state index in [1.54, 1.807) is 18.9 Å².